The van der Waals surface area contributed by atoms with Crippen LogP contribution < -0.4 is 21.9 Å². The minimum Gasteiger partial charge on any atom is -0.207 e. The maximum atomic E-state index is 16.2. The monoisotopic (exact) mass is 873 g/mol. The molecule has 0 aromatic heterocycles. The maximum Gasteiger partial charge on any atom is 0.306 e. The second-order valence-electron chi connectivity index (χ2n) is 11.0. The third-order valence-electron chi connectivity index (χ3n) is 8.17. The van der Waals surface area contributed by atoms with Crippen molar-refractivity contribution in [2.75, 3.05) is 0 Å². The first-order valence-electron chi connectivity index (χ1n) is 14.1. The topological polar surface area (TPSA) is 0 Å². The van der Waals surface area contributed by atoms with Crippen molar-refractivity contribution >= 4 is 52.1 Å². The molecular formula is C32H3BF25-. The average Bonchev–Trinajstić information content (AvgIpc) is 3.13. The lowest BCUT2D eigenvalue weighted by Gasteiger charge is -2.45. The minimum absolute atomic E-state index is 1.20. The van der Waals surface area contributed by atoms with E-state index >= 15 is 70.2 Å². The Kier molecular flexibility index (Phi) is 12.2. The molecule has 4 rings (SSSR count). The van der Waals surface area contributed by atoms with E-state index < -0.39 is 192 Å². The van der Waals surface area contributed by atoms with Crippen LogP contribution in [-0.2, 0) is 0 Å². The predicted octanol–water partition coefficient (Wildman–Crippen LogP) is 10.5. The third kappa shape index (κ3) is 6.73. The van der Waals surface area contributed by atoms with E-state index in [1.165, 1.54) is 0 Å². The standard InChI is InChI=1S/C32H3BF25/c34-7(35)1-4-15(40)24(49)11(25(50)16(4)41)33(12-26(51)17(42)5(2-8(36)37)18(43)27(12)52,13-28(53)19(44)6(3-9(38)39)20(45)29(13)54)14-30(55)21(46)10(22(47)31(14)56)23(48)32(57)58/h1-3H/q-1. The van der Waals surface area contributed by atoms with E-state index in [9.17, 15) is 39.5 Å². The Morgan fingerprint density at radius 1 is 0.276 bits per heavy atom. The second-order valence-corrected chi connectivity index (χ2v) is 11.0. The first-order valence-corrected chi connectivity index (χ1v) is 14.1. The van der Waals surface area contributed by atoms with Gasteiger partial charge in [0.05, 0.1) is 22.3 Å². The molecule has 0 aliphatic rings. The van der Waals surface area contributed by atoms with Crippen LogP contribution in [0.25, 0.3) is 24.1 Å². The Hall–Kier alpha value is -5.85. The van der Waals surface area contributed by atoms with Gasteiger partial charge in [0.25, 0.3) is 18.2 Å². The van der Waals surface area contributed by atoms with Crippen LogP contribution in [-0.4, -0.2) is 6.15 Å². The normalized spacial score (nSPS) is 11.5. The van der Waals surface area contributed by atoms with Crippen LogP contribution in [0.3, 0.4) is 0 Å². The Labute approximate surface area is 302 Å². The fourth-order valence-electron chi connectivity index (χ4n) is 6.03. The number of rotatable bonds is 8. The van der Waals surface area contributed by atoms with Crippen LogP contribution in [0.1, 0.15) is 22.3 Å². The molecule has 4 aromatic rings. The lowest BCUT2D eigenvalue weighted by molar-refractivity contribution is 0.403. The zero-order valence-electron chi connectivity index (χ0n) is 26.3. The van der Waals surface area contributed by atoms with Gasteiger partial charge in [-0.1, -0.05) is 0 Å². The fourth-order valence-corrected chi connectivity index (χ4v) is 6.03. The van der Waals surface area contributed by atoms with Crippen molar-refractivity contribution in [1.82, 2.24) is 0 Å². The lowest BCUT2D eigenvalue weighted by Crippen LogP contribution is -2.81. The predicted molar refractivity (Wildman–Crippen MR) is 150 cm³/mol. The molecule has 4 aromatic carbocycles. The first-order chi connectivity index (χ1) is 26.7. The molecule has 0 radical (unpaired) electrons. The summed E-state index contributed by atoms with van der Waals surface area (Å²) in [6.45, 7) is 0. The van der Waals surface area contributed by atoms with Gasteiger partial charge in [0.1, 0.15) is 52.7 Å². The molecule has 0 unspecified atom stereocenters. The van der Waals surface area contributed by atoms with E-state index in [2.05, 4.69) is 0 Å². The number of benzene rings is 4. The van der Waals surface area contributed by atoms with Gasteiger partial charge in [0.2, 0.25) is 5.83 Å². The quantitative estimate of drug-likeness (QED) is 0.0940. The number of hydrogen-bond acceptors (Lipinski definition) is 0. The molecule has 0 saturated heterocycles. The molecule has 26 heteroatoms. The zero-order chi connectivity index (χ0) is 44.4. The molecule has 0 N–H and O–H groups in total. The van der Waals surface area contributed by atoms with Crippen molar-refractivity contribution in [3.8, 4) is 0 Å². The molecule has 0 aliphatic heterocycles. The molecule has 0 atom stereocenters. The highest BCUT2D eigenvalue weighted by Gasteiger charge is 2.52. The molecule has 0 amide bonds. The van der Waals surface area contributed by atoms with Gasteiger partial charge >= 0.3 is 6.08 Å². The summed E-state index contributed by atoms with van der Waals surface area (Å²) in [6.07, 6.45) is -25.2. The molecule has 0 saturated carbocycles. The van der Waals surface area contributed by atoms with E-state index in [1.54, 1.807) is 0 Å². The van der Waals surface area contributed by atoms with Crippen LogP contribution in [0.5, 0.6) is 0 Å². The van der Waals surface area contributed by atoms with Gasteiger partial charge in [-0.25, -0.2) is 74.6 Å². The van der Waals surface area contributed by atoms with Crippen LogP contribution >= 0.6 is 0 Å². The van der Waals surface area contributed by atoms with Crippen LogP contribution in [0.15, 0.2) is 24.3 Å². The van der Waals surface area contributed by atoms with E-state index in [0.29, 0.717) is 0 Å². The second kappa shape index (κ2) is 15.8. The van der Waals surface area contributed by atoms with E-state index in [4.69, 9.17) is 0 Å². The largest absolute Gasteiger partial charge is 0.306 e. The van der Waals surface area contributed by atoms with Crippen molar-refractivity contribution < 1.29 is 110 Å². The maximum absolute atomic E-state index is 16.2. The number of halogens is 25. The molecule has 0 aliphatic carbocycles. The summed E-state index contributed by atoms with van der Waals surface area (Å²) in [5.74, 6) is -63.8. The Morgan fingerprint density at radius 3 is 0.638 bits per heavy atom. The number of hydrogen-bond donors (Lipinski definition) is 0. The Morgan fingerprint density at radius 2 is 0.466 bits per heavy atom. The van der Waals surface area contributed by atoms with Crippen LogP contribution in [0.4, 0.5) is 110 Å². The summed E-state index contributed by atoms with van der Waals surface area (Å²) in [5.41, 5.74) is -26.9. The SMILES string of the molecule is FC(F)=Cc1c(F)c(F)c([B-](c2c(F)c(F)c(C=C(F)F)c(F)c2F)(c2c(F)c(F)c(C=C(F)F)c(F)c2F)c2c(F)c(F)c(C(F)=C(F)F)c(F)c2F)c(F)c1F. The third-order valence-corrected chi connectivity index (χ3v) is 8.17. The van der Waals surface area contributed by atoms with Gasteiger partial charge in [0, 0.05) is 18.2 Å². The van der Waals surface area contributed by atoms with Crippen molar-refractivity contribution in [3.05, 3.63) is 140 Å². The van der Waals surface area contributed by atoms with Crippen molar-refractivity contribution in [2.24, 2.45) is 0 Å². The van der Waals surface area contributed by atoms with Crippen LogP contribution in [0, 0.1) is 93.1 Å². The highest BCUT2D eigenvalue weighted by Crippen LogP contribution is 2.35. The first kappa shape index (κ1) is 44.9. The van der Waals surface area contributed by atoms with Crippen molar-refractivity contribution in [2.45, 2.75) is 0 Å². The van der Waals surface area contributed by atoms with E-state index in [1.807, 2.05) is 0 Å². The molecular weight excluding hydrogens is 870 g/mol. The molecule has 0 heterocycles. The Bertz CT molecular complexity index is 2230. The van der Waals surface area contributed by atoms with E-state index in [0.717, 1.165) is 0 Å². The average molecular weight is 873 g/mol. The van der Waals surface area contributed by atoms with E-state index in [-0.39, 0.29) is 0 Å². The summed E-state index contributed by atoms with van der Waals surface area (Å²) in [7, 11) is 0. The van der Waals surface area contributed by atoms with Crippen LogP contribution in [0.2, 0.25) is 0 Å². The van der Waals surface area contributed by atoms with Gasteiger partial charge in [-0.2, -0.15) is 35.1 Å². The highest BCUT2D eigenvalue weighted by atomic mass is 19.3. The molecule has 0 fully saturated rings. The van der Waals surface area contributed by atoms with Crippen molar-refractivity contribution in [1.29, 1.82) is 0 Å². The summed E-state index contributed by atoms with van der Waals surface area (Å²) in [6, 6.07) is 0. The smallest absolute Gasteiger partial charge is 0.207 e. The summed E-state index contributed by atoms with van der Waals surface area (Å²) in [4.78, 5) is 0. The summed E-state index contributed by atoms with van der Waals surface area (Å²) >= 11 is 0. The molecule has 0 bridgehead atoms. The highest BCUT2D eigenvalue weighted by molar-refractivity contribution is 7.20. The zero-order valence-corrected chi connectivity index (χ0v) is 26.3. The minimum atomic E-state index is -7.61. The Balaban J connectivity index is 2.74. The van der Waals surface area contributed by atoms with Crippen molar-refractivity contribution in [3.63, 3.8) is 0 Å². The lowest BCUT2D eigenvalue weighted by atomic mass is 9.12. The van der Waals surface area contributed by atoms with Gasteiger partial charge in [-0.05, 0) is 0 Å². The van der Waals surface area contributed by atoms with Gasteiger partial charge in [0.15, 0.2) is 46.5 Å². The van der Waals surface area contributed by atoms with Gasteiger partial charge < -0.3 is 0 Å². The molecule has 0 nitrogen and oxygen atoms in total. The molecule has 310 valence electrons. The summed E-state index contributed by atoms with van der Waals surface area (Å²) in [5, 5.41) is 0. The fraction of sp³-hybridized carbons (Fsp3) is 0. The summed E-state index contributed by atoms with van der Waals surface area (Å²) < 4.78 is 371. The van der Waals surface area contributed by atoms with Gasteiger partial charge in [-0.3, -0.25) is 0 Å². The molecule has 58 heavy (non-hydrogen) atoms. The van der Waals surface area contributed by atoms with Gasteiger partial charge in [-0.15, -0.1) is 21.9 Å². The molecule has 0 spiro atoms.